The molecule has 0 saturated carbocycles. The Hall–Kier alpha value is -7.43. The molecular weight excluding hydrogens is 669 g/mol. The largest absolute Gasteiger partial charge is 0.309 e. The lowest BCUT2D eigenvalue weighted by Crippen LogP contribution is -2.01. The Morgan fingerprint density at radius 3 is 1.35 bits per heavy atom. The van der Waals surface area contributed by atoms with E-state index in [2.05, 4.69) is 138 Å². The first-order chi connectivity index (χ1) is 27.3. The van der Waals surface area contributed by atoms with Gasteiger partial charge in [0.1, 0.15) is 0 Å². The van der Waals surface area contributed by atoms with Crippen LogP contribution in [-0.4, -0.2) is 19.5 Å². The summed E-state index contributed by atoms with van der Waals surface area (Å²) in [6.45, 7) is 0. The number of nitrogens with zero attached hydrogens (tertiary/aromatic N) is 4. The smallest absolute Gasteiger partial charge is 0.164 e. The molecule has 55 heavy (non-hydrogen) atoms. The van der Waals surface area contributed by atoms with Crippen LogP contribution < -0.4 is 0 Å². The summed E-state index contributed by atoms with van der Waals surface area (Å²) in [7, 11) is 0. The fraction of sp³-hybridized carbons (Fsp3) is 0. The lowest BCUT2D eigenvalue weighted by molar-refractivity contribution is 1.07. The molecule has 1 aliphatic rings. The van der Waals surface area contributed by atoms with Gasteiger partial charge in [-0.1, -0.05) is 170 Å². The molecule has 0 fully saturated rings. The number of aromatic nitrogens is 4. The quantitative estimate of drug-likeness (QED) is 0.173. The van der Waals surface area contributed by atoms with Crippen LogP contribution in [0.4, 0.5) is 0 Å². The van der Waals surface area contributed by atoms with Crippen LogP contribution in [0, 0.1) is 0 Å². The van der Waals surface area contributed by atoms with Crippen LogP contribution >= 0.6 is 0 Å². The van der Waals surface area contributed by atoms with Crippen molar-refractivity contribution in [3.63, 3.8) is 0 Å². The van der Waals surface area contributed by atoms with Gasteiger partial charge in [-0.3, -0.25) is 0 Å². The van der Waals surface area contributed by atoms with Crippen LogP contribution in [0.25, 0.3) is 83.6 Å². The van der Waals surface area contributed by atoms with Crippen molar-refractivity contribution in [2.45, 2.75) is 0 Å². The van der Waals surface area contributed by atoms with Crippen molar-refractivity contribution in [3.05, 3.63) is 216 Å². The van der Waals surface area contributed by atoms with Gasteiger partial charge >= 0.3 is 0 Å². The molecule has 0 aliphatic heterocycles. The molecule has 11 rings (SSSR count). The monoisotopic (exact) mass is 700 g/mol. The van der Waals surface area contributed by atoms with Crippen LogP contribution in [0.3, 0.4) is 0 Å². The third kappa shape index (κ3) is 5.03. The summed E-state index contributed by atoms with van der Waals surface area (Å²) >= 11 is 0. The van der Waals surface area contributed by atoms with E-state index in [-0.39, 0.29) is 0 Å². The molecule has 2 heterocycles. The highest BCUT2D eigenvalue weighted by Crippen LogP contribution is 2.50. The molecule has 256 valence electrons. The maximum atomic E-state index is 5.07. The van der Waals surface area contributed by atoms with Gasteiger partial charge in [0.15, 0.2) is 17.5 Å². The van der Waals surface area contributed by atoms with E-state index in [1.807, 2.05) is 60.7 Å². The predicted octanol–water partition coefficient (Wildman–Crippen LogP) is 12.4. The van der Waals surface area contributed by atoms with E-state index in [4.69, 9.17) is 15.0 Å². The van der Waals surface area contributed by atoms with Crippen molar-refractivity contribution in [3.8, 4) is 39.9 Å². The third-order valence-electron chi connectivity index (χ3n) is 10.8. The average molecular weight is 701 g/mol. The highest BCUT2D eigenvalue weighted by atomic mass is 15.0. The summed E-state index contributed by atoms with van der Waals surface area (Å²) in [5.41, 5.74) is 13.5. The zero-order valence-corrected chi connectivity index (χ0v) is 29.8. The second-order valence-electron chi connectivity index (χ2n) is 14.0. The van der Waals surface area contributed by atoms with E-state index in [0.717, 1.165) is 33.4 Å². The van der Waals surface area contributed by atoms with Gasteiger partial charge in [0.2, 0.25) is 0 Å². The van der Waals surface area contributed by atoms with Crippen LogP contribution in [0.15, 0.2) is 194 Å². The van der Waals surface area contributed by atoms with E-state index in [1.54, 1.807) is 0 Å². The maximum absolute atomic E-state index is 5.07. The molecule has 0 saturated heterocycles. The Balaban J connectivity index is 1.19. The molecule has 2 aromatic heterocycles. The van der Waals surface area contributed by atoms with Crippen molar-refractivity contribution >= 4 is 43.7 Å². The summed E-state index contributed by atoms with van der Waals surface area (Å²) in [5.74, 6) is 1.92. The molecule has 0 spiro atoms. The molecule has 0 N–H and O–H groups in total. The molecular formula is C51H32N4. The summed E-state index contributed by atoms with van der Waals surface area (Å²) in [6.07, 6.45) is 0. The van der Waals surface area contributed by atoms with Crippen molar-refractivity contribution < 1.29 is 0 Å². The highest BCUT2D eigenvalue weighted by Gasteiger charge is 2.28. The first-order valence-electron chi connectivity index (χ1n) is 18.6. The van der Waals surface area contributed by atoms with Gasteiger partial charge in [0.25, 0.3) is 0 Å². The molecule has 4 nitrogen and oxygen atoms in total. The van der Waals surface area contributed by atoms with Crippen LogP contribution in [0.2, 0.25) is 0 Å². The van der Waals surface area contributed by atoms with Gasteiger partial charge in [0.05, 0.1) is 11.0 Å². The summed E-state index contributed by atoms with van der Waals surface area (Å²) < 4.78 is 2.42. The number of hydrogen-bond donors (Lipinski definition) is 0. The molecule has 1 aliphatic carbocycles. The lowest BCUT2D eigenvalue weighted by Gasteiger charge is -2.19. The van der Waals surface area contributed by atoms with E-state index in [9.17, 15) is 0 Å². The minimum atomic E-state index is 0.631. The fourth-order valence-electron chi connectivity index (χ4n) is 8.42. The summed E-state index contributed by atoms with van der Waals surface area (Å²) in [5, 5.41) is 5.02. The van der Waals surface area contributed by atoms with E-state index >= 15 is 0 Å². The normalized spacial score (nSPS) is 12.3. The molecule has 10 aromatic rings. The topological polar surface area (TPSA) is 43.6 Å². The molecule has 0 unspecified atom stereocenters. The predicted molar refractivity (Wildman–Crippen MR) is 226 cm³/mol. The van der Waals surface area contributed by atoms with Gasteiger partial charge in [0, 0.05) is 33.2 Å². The van der Waals surface area contributed by atoms with Crippen molar-refractivity contribution in [1.82, 2.24) is 19.5 Å². The second-order valence-corrected chi connectivity index (χ2v) is 14.0. The third-order valence-corrected chi connectivity index (χ3v) is 10.8. The van der Waals surface area contributed by atoms with Crippen LogP contribution in [-0.2, 0) is 0 Å². The lowest BCUT2D eigenvalue weighted by atomic mass is 9.85. The van der Waals surface area contributed by atoms with Gasteiger partial charge in [-0.25, -0.2) is 15.0 Å². The molecule has 0 amide bonds. The van der Waals surface area contributed by atoms with Crippen LogP contribution in [0.5, 0.6) is 0 Å². The van der Waals surface area contributed by atoms with E-state index in [1.165, 1.54) is 54.9 Å². The zero-order valence-electron chi connectivity index (χ0n) is 29.8. The highest BCUT2D eigenvalue weighted by molar-refractivity contribution is 6.31. The SMILES string of the molecule is c1ccc(C2=C(c3ccccc3)c3cccc4c3c3c5c2cccc5ccc3n4-c2cccc(-c3nc(-c4ccccc4)nc(-c4ccccc4)n3)c2)cc1. The van der Waals surface area contributed by atoms with E-state index < -0.39 is 0 Å². The van der Waals surface area contributed by atoms with Crippen molar-refractivity contribution in [2.75, 3.05) is 0 Å². The minimum Gasteiger partial charge on any atom is -0.309 e. The van der Waals surface area contributed by atoms with Crippen molar-refractivity contribution in [2.24, 2.45) is 0 Å². The van der Waals surface area contributed by atoms with E-state index in [0.29, 0.717) is 17.5 Å². The Morgan fingerprint density at radius 1 is 0.309 bits per heavy atom. The minimum absolute atomic E-state index is 0.631. The number of rotatable bonds is 6. The Bertz CT molecular complexity index is 3050. The fourth-order valence-corrected chi connectivity index (χ4v) is 8.42. The molecule has 0 radical (unpaired) electrons. The first-order valence-corrected chi connectivity index (χ1v) is 18.6. The summed E-state index contributed by atoms with van der Waals surface area (Å²) in [6, 6.07) is 68.7. The Morgan fingerprint density at radius 2 is 0.764 bits per heavy atom. The Labute approximate surface area is 318 Å². The van der Waals surface area contributed by atoms with Gasteiger partial charge < -0.3 is 4.57 Å². The number of benzene rings is 8. The van der Waals surface area contributed by atoms with Crippen molar-refractivity contribution in [1.29, 1.82) is 0 Å². The van der Waals surface area contributed by atoms with Crippen LogP contribution in [0.1, 0.15) is 22.3 Å². The summed E-state index contributed by atoms with van der Waals surface area (Å²) in [4.78, 5) is 15.1. The molecule has 4 heteroatoms. The second kappa shape index (κ2) is 12.6. The first kappa shape index (κ1) is 31.1. The average Bonchev–Trinajstić information content (AvgIpc) is 3.54. The standard InChI is InChI=1S/C51H32N4/c1-5-16-33(17-6-1)44-40-27-14-24-35-30-31-43-48(46(35)40)47-41(45(44)34-18-7-2-8-19-34)28-15-29-42(47)55(43)39-26-13-25-38(32-39)51-53-49(36-20-9-3-10-21-36)52-50(54-51)37-22-11-4-12-23-37/h1-32H. The molecule has 8 aromatic carbocycles. The Kier molecular flexibility index (Phi) is 7.14. The van der Waals surface area contributed by atoms with Gasteiger partial charge in [-0.05, 0) is 68.4 Å². The number of hydrogen-bond acceptors (Lipinski definition) is 3. The van der Waals surface area contributed by atoms with Gasteiger partial charge in [-0.2, -0.15) is 0 Å². The zero-order chi connectivity index (χ0) is 36.3. The molecule has 0 atom stereocenters. The van der Waals surface area contributed by atoms with Gasteiger partial charge in [-0.15, -0.1) is 0 Å². The maximum Gasteiger partial charge on any atom is 0.164 e. The molecule has 0 bridgehead atoms.